The molecule has 2 rings (SSSR count). The van der Waals surface area contributed by atoms with Gasteiger partial charge in [-0.05, 0) is 33.3 Å². The van der Waals surface area contributed by atoms with E-state index >= 15 is 0 Å². The van der Waals surface area contributed by atoms with Gasteiger partial charge in [0.15, 0.2) is 5.78 Å². The van der Waals surface area contributed by atoms with E-state index in [0.29, 0.717) is 28.9 Å². The first-order valence-corrected chi connectivity index (χ1v) is 8.73. The molecule has 0 aliphatic rings. The Morgan fingerprint density at radius 2 is 1.45 bits per heavy atom. The van der Waals surface area contributed by atoms with Crippen molar-refractivity contribution in [2.75, 3.05) is 6.61 Å². The highest BCUT2D eigenvalue weighted by Gasteiger charge is 2.16. The van der Waals surface area contributed by atoms with Crippen molar-refractivity contribution in [2.24, 2.45) is 0 Å². The summed E-state index contributed by atoms with van der Waals surface area (Å²) in [6.45, 7) is 6.64. The predicted octanol–water partition coefficient (Wildman–Crippen LogP) is 4.11. The molecule has 0 bridgehead atoms. The first-order valence-electron chi connectivity index (χ1n) is 8.73. The van der Waals surface area contributed by atoms with E-state index in [2.05, 4.69) is 0 Å². The highest BCUT2D eigenvalue weighted by Crippen LogP contribution is 2.22. The molecule has 0 aliphatic heterocycles. The number of nitrogens with zero attached hydrogens (tertiary/aromatic N) is 2. The van der Waals surface area contributed by atoms with Crippen molar-refractivity contribution in [3.05, 3.63) is 78.9 Å². The molecule has 2 aromatic carbocycles. The van der Waals surface area contributed by atoms with Crippen molar-refractivity contribution < 1.29 is 24.2 Å². The summed E-state index contributed by atoms with van der Waals surface area (Å²) >= 11 is 0. The maximum atomic E-state index is 11.3. The van der Waals surface area contributed by atoms with Crippen LogP contribution >= 0.6 is 0 Å². The van der Waals surface area contributed by atoms with Crippen molar-refractivity contribution in [3.8, 4) is 0 Å². The van der Waals surface area contributed by atoms with E-state index in [0.717, 1.165) is 0 Å². The molecular weight excluding hydrogens is 380 g/mol. The number of carbonyl (C=O) groups is 2. The van der Waals surface area contributed by atoms with Gasteiger partial charge in [-0.2, -0.15) is 0 Å². The van der Waals surface area contributed by atoms with Crippen LogP contribution in [0.1, 0.15) is 40.9 Å². The summed E-state index contributed by atoms with van der Waals surface area (Å²) in [5.41, 5.74) is 2.01. The Morgan fingerprint density at radius 3 is 1.93 bits per heavy atom. The van der Waals surface area contributed by atoms with E-state index in [9.17, 15) is 29.8 Å². The third-order valence-electron chi connectivity index (χ3n) is 4.14. The summed E-state index contributed by atoms with van der Waals surface area (Å²) in [6, 6.07) is 9.18. The Balaban J connectivity index is 0.000000296. The second-order valence-electron chi connectivity index (χ2n) is 6.06. The van der Waals surface area contributed by atoms with Gasteiger partial charge < -0.3 is 4.74 Å². The molecule has 0 N–H and O–H groups in total. The number of nitro benzene ring substituents is 2. The molecule has 0 unspecified atom stereocenters. The number of rotatable bonds is 6. The number of nitro groups is 2. The minimum atomic E-state index is -0.484. The molecule has 0 heterocycles. The van der Waals surface area contributed by atoms with Crippen LogP contribution in [-0.2, 0) is 16.0 Å². The molecule has 2 aromatic rings. The Kier molecular flexibility index (Phi) is 8.60. The van der Waals surface area contributed by atoms with Crippen molar-refractivity contribution >= 4 is 23.1 Å². The van der Waals surface area contributed by atoms with E-state index in [1.807, 2.05) is 0 Å². The maximum absolute atomic E-state index is 11.3. The van der Waals surface area contributed by atoms with Crippen LogP contribution < -0.4 is 0 Å². The highest BCUT2D eigenvalue weighted by atomic mass is 16.6. The van der Waals surface area contributed by atoms with Gasteiger partial charge in [0.25, 0.3) is 11.4 Å². The van der Waals surface area contributed by atoms with E-state index in [1.54, 1.807) is 39.0 Å². The van der Waals surface area contributed by atoms with Crippen molar-refractivity contribution in [3.63, 3.8) is 0 Å². The number of hydrogen-bond acceptors (Lipinski definition) is 7. The van der Waals surface area contributed by atoms with E-state index in [1.165, 1.54) is 25.1 Å². The molecule has 0 aromatic heterocycles. The molecule has 0 atom stereocenters. The van der Waals surface area contributed by atoms with Crippen molar-refractivity contribution in [1.82, 2.24) is 0 Å². The summed E-state index contributed by atoms with van der Waals surface area (Å²) in [5, 5.41) is 21.2. The third kappa shape index (κ3) is 6.49. The molecular formula is C20H22N2O7. The molecule has 9 heteroatoms. The number of ether oxygens (including phenoxy) is 1. The predicted molar refractivity (Wildman–Crippen MR) is 106 cm³/mol. The van der Waals surface area contributed by atoms with Gasteiger partial charge in [-0.3, -0.25) is 29.8 Å². The summed E-state index contributed by atoms with van der Waals surface area (Å²) in [5.74, 6) is -0.521. The Hall–Kier alpha value is -3.62. The number of Topliss-reactive ketones (excluding diaryl/α,β-unsaturated/α-hetero) is 1. The molecule has 0 fully saturated rings. The van der Waals surface area contributed by atoms with E-state index in [-0.39, 0.29) is 29.5 Å². The van der Waals surface area contributed by atoms with Crippen LogP contribution in [0, 0.1) is 34.1 Å². The van der Waals surface area contributed by atoms with Crippen LogP contribution in [0.4, 0.5) is 11.4 Å². The fraction of sp³-hybridized carbons (Fsp3) is 0.300. The van der Waals surface area contributed by atoms with Crippen LogP contribution in [0.25, 0.3) is 0 Å². The average molecular weight is 402 g/mol. The smallest absolute Gasteiger partial charge is 0.310 e. The summed E-state index contributed by atoms with van der Waals surface area (Å²) in [4.78, 5) is 42.5. The van der Waals surface area contributed by atoms with E-state index in [4.69, 9.17) is 4.74 Å². The maximum Gasteiger partial charge on any atom is 0.310 e. The molecule has 0 radical (unpaired) electrons. The molecule has 9 nitrogen and oxygen atoms in total. The van der Waals surface area contributed by atoms with Crippen molar-refractivity contribution in [1.29, 1.82) is 0 Å². The van der Waals surface area contributed by atoms with Gasteiger partial charge in [-0.15, -0.1) is 0 Å². The lowest BCUT2D eigenvalue weighted by Gasteiger charge is -2.05. The number of hydrogen-bond donors (Lipinski definition) is 0. The zero-order chi connectivity index (χ0) is 22.1. The van der Waals surface area contributed by atoms with Crippen LogP contribution in [0.15, 0.2) is 36.4 Å². The van der Waals surface area contributed by atoms with Crippen molar-refractivity contribution in [2.45, 2.75) is 34.1 Å². The van der Waals surface area contributed by atoms with Gasteiger partial charge >= 0.3 is 5.97 Å². The quantitative estimate of drug-likeness (QED) is 0.307. The molecule has 0 spiro atoms. The molecule has 0 aliphatic carbocycles. The second kappa shape index (κ2) is 10.6. The fourth-order valence-corrected chi connectivity index (χ4v) is 2.63. The van der Waals surface area contributed by atoms with Crippen LogP contribution in [0.3, 0.4) is 0 Å². The number of benzene rings is 2. The fourth-order valence-electron chi connectivity index (χ4n) is 2.63. The molecule has 29 heavy (non-hydrogen) atoms. The monoisotopic (exact) mass is 402 g/mol. The zero-order valence-corrected chi connectivity index (χ0v) is 16.6. The van der Waals surface area contributed by atoms with Crippen LogP contribution in [0.2, 0.25) is 0 Å². The minimum Gasteiger partial charge on any atom is -0.466 e. The van der Waals surface area contributed by atoms with Crippen LogP contribution in [0.5, 0.6) is 0 Å². The SMILES string of the molecule is CC(=O)c1cccc([N+](=O)[O-])c1C.CCOC(=O)Cc1cccc([N+](=O)[O-])c1C. The van der Waals surface area contributed by atoms with Gasteiger partial charge in [-0.25, -0.2) is 0 Å². The van der Waals surface area contributed by atoms with Gasteiger partial charge in [0.05, 0.1) is 22.9 Å². The molecule has 0 saturated carbocycles. The standard InChI is InChI=1S/C11H13NO4.C9H9NO3/c1-3-16-11(13)7-9-5-4-6-10(8(9)2)12(14)15;1-6-8(7(2)11)4-3-5-9(6)10(12)13/h4-6H,3,7H2,1-2H3;3-5H,1-2H3. The van der Waals surface area contributed by atoms with E-state index < -0.39 is 9.85 Å². The van der Waals surface area contributed by atoms with Gasteiger partial charge in [0.1, 0.15) is 0 Å². The molecule has 0 amide bonds. The number of esters is 1. The Bertz CT molecular complexity index is 906. The normalized spacial score (nSPS) is 9.79. The summed E-state index contributed by atoms with van der Waals surface area (Å²) in [7, 11) is 0. The Labute approximate surface area is 167 Å². The largest absolute Gasteiger partial charge is 0.466 e. The lowest BCUT2D eigenvalue weighted by atomic mass is 10.0. The molecule has 154 valence electrons. The van der Waals surface area contributed by atoms with Gasteiger partial charge in [0.2, 0.25) is 0 Å². The summed E-state index contributed by atoms with van der Waals surface area (Å²) in [6.07, 6.45) is 0.0708. The summed E-state index contributed by atoms with van der Waals surface area (Å²) < 4.78 is 4.79. The number of ketones is 1. The van der Waals surface area contributed by atoms with Gasteiger partial charge in [-0.1, -0.05) is 24.3 Å². The first-order chi connectivity index (χ1) is 13.6. The molecule has 0 saturated heterocycles. The average Bonchev–Trinajstić information content (AvgIpc) is 2.63. The first kappa shape index (κ1) is 23.4. The second-order valence-corrected chi connectivity index (χ2v) is 6.06. The minimum absolute atomic E-state index is 0.00676. The third-order valence-corrected chi connectivity index (χ3v) is 4.14. The lowest BCUT2D eigenvalue weighted by Crippen LogP contribution is -2.09. The van der Waals surface area contributed by atoms with Crippen LogP contribution in [-0.4, -0.2) is 28.2 Å². The highest BCUT2D eigenvalue weighted by molar-refractivity contribution is 5.96. The Morgan fingerprint density at radius 1 is 0.931 bits per heavy atom. The van der Waals surface area contributed by atoms with Gasteiger partial charge in [0, 0.05) is 28.8 Å². The lowest BCUT2D eigenvalue weighted by molar-refractivity contribution is -0.385. The number of carbonyl (C=O) groups excluding carboxylic acids is 2. The topological polar surface area (TPSA) is 130 Å². The zero-order valence-electron chi connectivity index (χ0n) is 16.6.